The summed E-state index contributed by atoms with van der Waals surface area (Å²) >= 11 is 1.33. The molecule has 0 saturated carbocycles. The molecule has 2 unspecified atom stereocenters. The Bertz CT molecular complexity index is 1060. The molecule has 2 aromatic carbocycles. The predicted octanol–water partition coefficient (Wildman–Crippen LogP) is 6.72. The van der Waals surface area contributed by atoms with Crippen molar-refractivity contribution in [2.75, 3.05) is 0 Å². The maximum absolute atomic E-state index is 11.2. The van der Waals surface area contributed by atoms with E-state index in [1.165, 1.54) is 18.3 Å². The minimum Gasteiger partial charge on any atom is -0.490 e. The van der Waals surface area contributed by atoms with Gasteiger partial charge in [-0.3, -0.25) is 4.79 Å². The SMILES string of the molecule is CCC(C)Oc1ccc(Oc2ncc(Oc3ccc(C(C)NC(C)=O)cc3)s2)c(C)c1C. The summed E-state index contributed by atoms with van der Waals surface area (Å²) < 4.78 is 17.9. The van der Waals surface area contributed by atoms with Crippen LogP contribution in [0, 0.1) is 13.8 Å². The zero-order valence-corrected chi connectivity index (χ0v) is 20.2. The van der Waals surface area contributed by atoms with E-state index in [4.69, 9.17) is 14.2 Å². The molecular formula is C25H30N2O4S. The van der Waals surface area contributed by atoms with Gasteiger partial charge in [0.05, 0.1) is 18.3 Å². The van der Waals surface area contributed by atoms with Crippen molar-refractivity contribution in [2.45, 2.75) is 60.1 Å². The zero-order chi connectivity index (χ0) is 23.3. The van der Waals surface area contributed by atoms with E-state index in [0.29, 0.717) is 16.0 Å². The first-order chi connectivity index (χ1) is 15.3. The summed E-state index contributed by atoms with van der Waals surface area (Å²) in [5.41, 5.74) is 3.09. The molecule has 2 atom stereocenters. The molecule has 0 aliphatic carbocycles. The molecule has 0 spiro atoms. The highest BCUT2D eigenvalue weighted by atomic mass is 32.1. The van der Waals surface area contributed by atoms with Gasteiger partial charge in [-0.25, -0.2) is 4.98 Å². The number of carbonyl (C=O) groups excluding carboxylic acids is 1. The normalized spacial score (nSPS) is 12.7. The molecule has 0 aliphatic rings. The number of amides is 1. The molecule has 1 amide bonds. The number of hydrogen-bond donors (Lipinski definition) is 1. The first kappa shape index (κ1) is 23.6. The van der Waals surface area contributed by atoms with Crippen LogP contribution in [0.15, 0.2) is 42.6 Å². The number of thiazole rings is 1. The molecule has 3 rings (SSSR count). The molecule has 7 heteroatoms. The monoisotopic (exact) mass is 454 g/mol. The summed E-state index contributed by atoms with van der Waals surface area (Å²) in [4.78, 5) is 15.6. The smallest absolute Gasteiger partial charge is 0.282 e. The van der Waals surface area contributed by atoms with E-state index in [-0.39, 0.29) is 18.1 Å². The molecule has 1 N–H and O–H groups in total. The van der Waals surface area contributed by atoms with Crippen molar-refractivity contribution in [1.29, 1.82) is 0 Å². The number of nitrogens with zero attached hydrogens (tertiary/aromatic N) is 1. The van der Waals surface area contributed by atoms with E-state index in [1.54, 1.807) is 6.20 Å². The molecule has 0 bridgehead atoms. The summed E-state index contributed by atoms with van der Waals surface area (Å²) in [6.07, 6.45) is 2.77. The van der Waals surface area contributed by atoms with Gasteiger partial charge < -0.3 is 19.5 Å². The maximum Gasteiger partial charge on any atom is 0.282 e. The first-order valence-electron chi connectivity index (χ1n) is 10.7. The first-order valence-corrected chi connectivity index (χ1v) is 11.5. The van der Waals surface area contributed by atoms with Crippen molar-refractivity contribution in [2.24, 2.45) is 0 Å². The van der Waals surface area contributed by atoms with Crippen LogP contribution in [0.1, 0.15) is 56.8 Å². The van der Waals surface area contributed by atoms with E-state index >= 15 is 0 Å². The molecule has 0 aliphatic heterocycles. The molecule has 0 fully saturated rings. The third-order valence-corrected chi connectivity index (χ3v) is 6.02. The summed E-state index contributed by atoms with van der Waals surface area (Å²) in [7, 11) is 0. The van der Waals surface area contributed by atoms with E-state index in [1.807, 2.05) is 57.2 Å². The van der Waals surface area contributed by atoms with E-state index in [9.17, 15) is 4.79 Å². The van der Waals surface area contributed by atoms with Crippen molar-refractivity contribution in [3.05, 3.63) is 59.3 Å². The van der Waals surface area contributed by atoms with Gasteiger partial charge in [-0.2, -0.15) is 0 Å². The lowest BCUT2D eigenvalue weighted by Gasteiger charge is -2.17. The van der Waals surface area contributed by atoms with Crippen LogP contribution in [0.3, 0.4) is 0 Å². The number of ether oxygens (including phenoxy) is 3. The fourth-order valence-corrected chi connectivity index (χ4v) is 3.72. The summed E-state index contributed by atoms with van der Waals surface area (Å²) in [6.45, 7) is 11.7. The number of benzene rings is 2. The molecule has 32 heavy (non-hydrogen) atoms. The minimum atomic E-state index is -0.0573. The Kier molecular flexibility index (Phi) is 7.75. The third kappa shape index (κ3) is 6.01. The topological polar surface area (TPSA) is 69.7 Å². The van der Waals surface area contributed by atoms with Crippen LogP contribution in [-0.4, -0.2) is 17.0 Å². The van der Waals surface area contributed by atoms with Gasteiger partial charge in [0.15, 0.2) is 0 Å². The molecule has 170 valence electrons. The Morgan fingerprint density at radius 1 is 1.03 bits per heavy atom. The minimum absolute atomic E-state index is 0.0568. The molecule has 1 heterocycles. The van der Waals surface area contributed by atoms with E-state index < -0.39 is 0 Å². The van der Waals surface area contributed by atoms with Crippen LogP contribution >= 0.6 is 11.3 Å². The Labute approximate surface area is 193 Å². The highest BCUT2D eigenvalue weighted by molar-refractivity contribution is 7.15. The maximum atomic E-state index is 11.2. The van der Waals surface area contributed by atoms with Crippen molar-refractivity contribution >= 4 is 17.2 Å². The van der Waals surface area contributed by atoms with Crippen LogP contribution in [0.4, 0.5) is 0 Å². The van der Waals surface area contributed by atoms with Gasteiger partial charge in [-0.1, -0.05) is 19.1 Å². The Hall–Kier alpha value is -3.06. The largest absolute Gasteiger partial charge is 0.490 e. The van der Waals surface area contributed by atoms with Crippen molar-refractivity contribution < 1.29 is 19.0 Å². The second-order valence-corrected chi connectivity index (χ2v) is 8.74. The second-order valence-electron chi connectivity index (χ2n) is 7.79. The van der Waals surface area contributed by atoms with Gasteiger partial charge in [0.1, 0.15) is 17.2 Å². The van der Waals surface area contributed by atoms with Gasteiger partial charge in [-0.15, -0.1) is 0 Å². The Morgan fingerprint density at radius 3 is 2.34 bits per heavy atom. The average Bonchev–Trinajstić information content (AvgIpc) is 3.20. The van der Waals surface area contributed by atoms with Crippen LogP contribution in [0.5, 0.6) is 27.5 Å². The zero-order valence-electron chi connectivity index (χ0n) is 19.4. The molecule has 1 aromatic heterocycles. The summed E-state index contributed by atoms with van der Waals surface area (Å²) in [5.74, 6) is 2.26. The van der Waals surface area contributed by atoms with Gasteiger partial charge in [0.25, 0.3) is 5.19 Å². The summed E-state index contributed by atoms with van der Waals surface area (Å²) in [6, 6.07) is 11.4. The van der Waals surface area contributed by atoms with Gasteiger partial charge >= 0.3 is 0 Å². The van der Waals surface area contributed by atoms with Crippen molar-refractivity contribution in [3.63, 3.8) is 0 Å². The van der Waals surface area contributed by atoms with E-state index in [0.717, 1.165) is 34.6 Å². The third-order valence-electron chi connectivity index (χ3n) is 5.27. The number of rotatable bonds is 9. The molecule has 0 radical (unpaired) electrons. The highest BCUT2D eigenvalue weighted by Gasteiger charge is 2.14. The summed E-state index contributed by atoms with van der Waals surface area (Å²) in [5, 5.41) is 4.01. The van der Waals surface area contributed by atoms with Crippen LogP contribution in [0.2, 0.25) is 0 Å². The predicted molar refractivity (Wildman–Crippen MR) is 127 cm³/mol. The molecule has 3 aromatic rings. The van der Waals surface area contributed by atoms with Crippen molar-refractivity contribution in [3.8, 4) is 27.5 Å². The second kappa shape index (κ2) is 10.5. The molecule has 0 saturated heterocycles. The Morgan fingerprint density at radius 2 is 1.69 bits per heavy atom. The number of carbonyl (C=O) groups is 1. The molecular weight excluding hydrogens is 424 g/mol. The van der Waals surface area contributed by atoms with Crippen LogP contribution < -0.4 is 19.5 Å². The fraction of sp³-hybridized carbons (Fsp3) is 0.360. The lowest BCUT2D eigenvalue weighted by Crippen LogP contribution is -2.23. The quantitative estimate of drug-likeness (QED) is 0.389. The highest BCUT2D eigenvalue weighted by Crippen LogP contribution is 2.37. The van der Waals surface area contributed by atoms with Gasteiger partial charge in [-0.05, 0) is 86.4 Å². The number of hydrogen-bond acceptors (Lipinski definition) is 6. The van der Waals surface area contributed by atoms with Gasteiger partial charge in [0, 0.05) is 6.92 Å². The fourth-order valence-electron chi connectivity index (χ4n) is 3.07. The Balaban J connectivity index is 1.65. The standard InChI is InChI=1S/C25H30N2O4S/c1-7-15(2)29-22-12-13-23(17(4)16(22)3)31-25-26-14-24(32-25)30-21-10-8-20(9-11-21)18(5)27-19(6)28/h8-15,18H,7H2,1-6H3,(H,27,28). The lowest BCUT2D eigenvalue weighted by atomic mass is 10.1. The average molecular weight is 455 g/mol. The van der Waals surface area contributed by atoms with Crippen molar-refractivity contribution in [1.82, 2.24) is 10.3 Å². The van der Waals surface area contributed by atoms with Crippen LogP contribution in [0.25, 0.3) is 0 Å². The number of aromatic nitrogens is 1. The molecule has 6 nitrogen and oxygen atoms in total. The van der Waals surface area contributed by atoms with Gasteiger partial charge in [0.2, 0.25) is 11.0 Å². The lowest BCUT2D eigenvalue weighted by molar-refractivity contribution is -0.119. The van der Waals surface area contributed by atoms with Crippen LogP contribution in [-0.2, 0) is 4.79 Å². The van der Waals surface area contributed by atoms with E-state index in [2.05, 4.69) is 24.1 Å². The number of nitrogens with one attached hydrogen (secondary N) is 1.